The lowest BCUT2D eigenvalue weighted by molar-refractivity contribution is 0.0825. The number of rotatable bonds is 16. The quantitative estimate of drug-likeness (QED) is 0.106. The fourth-order valence-corrected chi connectivity index (χ4v) is 6.78. The molecule has 1 unspecified atom stereocenters. The topological polar surface area (TPSA) is 146 Å². The van der Waals surface area contributed by atoms with Crippen LogP contribution in [0.15, 0.2) is 84.2 Å². The molecule has 4 rings (SSSR count). The number of aryl methyl sites for hydroxylation is 1. The van der Waals surface area contributed by atoms with Gasteiger partial charge in [0.05, 0.1) is 36.7 Å². The maximum Gasteiger partial charge on any atom is 0.251 e. The van der Waals surface area contributed by atoms with Gasteiger partial charge in [0, 0.05) is 28.6 Å². The van der Waals surface area contributed by atoms with E-state index in [4.69, 9.17) is 4.74 Å². The Labute approximate surface area is 287 Å². The second-order valence-corrected chi connectivity index (χ2v) is 14.7. The van der Waals surface area contributed by atoms with Crippen LogP contribution in [0.4, 0.5) is 5.69 Å². The summed E-state index contributed by atoms with van der Waals surface area (Å²) in [4.78, 5) is 28.2. The van der Waals surface area contributed by atoms with Crippen LogP contribution in [0.25, 0.3) is 0 Å². The number of benzene rings is 3. The predicted molar refractivity (Wildman–Crippen MR) is 191 cm³/mol. The standard InChI is InChI=1S/C36H44N4O6S2/c1-6-48(44,45)40-30-20-28(35(42)38-25(4)34-23(2)16-17-47-34)19-29(21-30)36(43)39-32(18-26-10-8-7-9-11-26)33(41)22-37-24(3)27-12-14-31(46-5)15-13-27/h7-17,19-21,24-25,32-33,37,40-41H,6,18,22H2,1-5H3,(H,38,42)(H,39,43)/t24-,25?,32+,33-/m1/s1. The van der Waals surface area contributed by atoms with E-state index in [0.29, 0.717) is 6.42 Å². The third-order valence-electron chi connectivity index (χ3n) is 8.08. The number of thiophene rings is 1. The van der Waals surface area contributed by atoms with E-state index in [-0.39, 0.29) is 41.2 Å². The molecule has 0 saturated carbocycles. The van der Waals surface area contributed by atoms with Crippen molar-refractivity contribution in [1.82, 2.24) is 16.0 Å². The summed E-state index contributed by atoms with van der Waals surface area (Å²) in [6.07, 6.45) is -0.659. The second-order valence-electron chi connectivity index (χ2n) is 11.7. The summed E-state index contributed by atoms with van der Waals surface area (Å²) in [7, 11) is -2.10. The maximum atomic E-state index is 13.8. The molecule has 4 aromatic rings. The van der Waals surface area contributed by atoms with Crippen LogP contribution >= 0.6 is 11.3 Å². The van der Waals surface area contributed by atoms with Gasteiger partial charge in [0.2, 0.25) is 10.0 Å². The van der Waals surface area contributed by atoms with Gasteiger partial charge in [-0.15, -0.1) is 11.3 Å². The molecule has 3 aromatic carbocycles. The number of methoxy groups -OCH3 is 1. The van der Waals surface area contributed by atoms with E-state index >= 15 is 0 Å². The molecule has 0 aliphatic carbocycles. The molecule has 48 heavy (non-hydrogen) atoms. The van der Waals surface area contributed by atoms with Gasteiger partial charge in [-0.1, -0.05) is 42.5 Å². The fourth-order valence-electron chi connectivity index (χ4n) is 5.23. The zero-order valence-corrected chi connectivity index (χ0v) is 29.5. The number of amides is 2. The Morgan fingerprint density at radius 1 is 0.896 bits per heavy atom. The van der Waals surface area contributed by atoms with E-state index in [1.807, 2.05) is 86.8 Å². The van der Waals surface area contributed by atoms with Crippen LogP contribution in [-0.2, 0) is 16.4 Å². The minimum Gasteiger partial charge on any atom is -0.497 e. The molecular weight excluding hydrogens is 649 g/mol. The highest BCUT2D eigenvalue weighted by molar-refractivity contribution is 7.92. The summed E-state index contributed by atoms with van der Waals surface area (Å²) in [5.74, 6) is -0.463. The smallest absolute Gasteiger partial charge is 0.251 e. The molecule has 1 heterocycles. The number of carbonyl (C=O) groups excluding carboxylic acids is 2. The molecule has 0 fully saturated rings. The van der Waals surface area contributed by atoms with Gasteiger partial charge >= 0.3 is 0 Å². The first-order valence-corrected chi connectivity index (χ1v) is 18.3. The Morgan fingerprint density at radius 2 is 1.54 bits per heavy atom. The number of hydrogen-bond donors (Lipinski definition) is 5. The Hall–Kier alpha value is -4.23. The number of aliphatic hydroxyl groups excluding tert-OH is 1. The molecule has 0 bridgehead atoms. The number of aliphatic hydroxyl groups is 1. The van der Waals surface area contributed by atoms with Gasteiger partial charge < -0.3 is 25.8 Å². The Morgan fingerprint density at radius 3 is 2.12 bits per heavy atom. The largest absolute Gasteiger partial charge is 0.497 e. The third-order valence-corrected chi connectivity index (χ3v) is 10.6. The molecule has 1 aromatic heterocycles. The number of hydrogen-bond acceptors (Lipinski definition) is 8. The Balaban J connectivity index is 1.57. The van der Waals surface area contributed by atoms with Gasteiger partial charge in [-0.3, -0.25) is 14.3 Å². The highest BCUT2D eigenvalue weighted by Crippen LogP contribution is 2.25. The number of ether oxygens (including phenoxy) is 1. The fraction of sp³-hybridized carbons (Fsp3) is 0.333. The summed E-state index contributed by atoms with van der Waals surface area (Å²) < 4.78 is 32.7. The van der Waals surface area contributed by atoms with Gasteiger partial charge in [-0.05, 0) is 92.6 Å². The predicted octanol–water partition coefficient (Wildman–Crippen LogP) is 5.37. The van der Waals surface area contributed by atoms with E-state index in [2.05, 4.69) is 20.7 Å². The van der Waals surface area contributed by atoms with Crippen molar-refractivity contribution in [1.29, 1.82) is 0 Å². The average molecular weight is 693 g/mol. The van der Waals surface area contributed by atoms with E-state index < -0.39 is 34.0 Å². The molecular formula is C36H44N4O6S2. The van der Waals surface area contributed by atoms with Crippen LogP contribution in [0.3, 0.4) is 0 Å². The summed E-state index contributed by atoms with van der Waals surface area (Å²) in [6.45, 7) is 7.49. The normalized spacial score (nSPS) is 14.0. The summed E-state index contributed by atoms with van der Waals surface area (Å²) >= 11 is 1.53. The monoisotopic (exact) mass is 692 g/mol. The van der Waals surface area contributed by atoms with Crippen molar-refractivity contribution in [2.24, 2.45) is 0 Å². The van der Waals surface area contributed by atoms with Crippen molar-refractivity contribution in [2.75, 3.05) is 24.1 Å². The molecule has 4 atom stereocenters. The molecule has 2 amide bonds. The van der Waals surface area contributed by atoms with Crippen molar-refractivity contribution >= 4 is 38.9 Å². The molecule has 10 nitrogen and oxygen atoms in total. The number of carbonyl (C=O) groups is 2. The lowest BCUT2D eigenvalue weighted by Crippen LogP contribution is -2.49. The van der Waals surface area contributed by atoms with E-state index in [0.717, 1.165) is 27.3 Å². The highest BCUT2D eigenvalue weighted by atomic mass is 32.2. The first-order chi connectivity index (χ1) is 22.9. The van der Waals surface area contributed by atoms with Crippen molar-refractivity contribution in [3.05, 3.63) is 117 Å². The van der Waals surface area contributed by atoms with Crippen LogP contribution in [-0.4, -0.2) is 56.9 Å². The summed E-state index contributed by atoms with van der Waals surface area (Å²) in [5.41, 5.74) is 3.24. The van der Waals surface area contributed by atoms with Gasteiger partial charge in [0.1, 0.15) is 5.75 Å². The van der Waals surface area contributed by atoms with Gasteiger partial charge in [0.25, 0.3) is 11.8 Å². The van der Waals surface area contributed by atoms with Crippen LogP contribution in [0.5, 0.6) is 5.75 Å². The minimum absolute atomic E-state index is 0.0706. The van der Waals surface area contributed by atoms with Crippen molar-refractivity contribution in [3.63, 3.8) is 0 Å². The van der Waals surface area contributed by atoms with E-state index in [1.54, 1.807) is 7.11 Å². The molecule has 0 aliphatic heterocycles. The van der Waals surface area contributed by atoms with E-state index in [9.17, 15) is 23.1 Å². The Bertz CT molecular complexity index is 1780. The molecule has 0 aliphatic rings. The maximum absolute atomic E-state index is 13.8. The molecule has 5 N–H and O–H groups in total. The third kappa shape index (κ3) is 10.1. The SMILES string of the molecule is CCS(=O)(=O)Nc1cc(C(=O)NC(C)c2sccc2C)cc(C(=O)N[C@@H](Cc2ccccc2)[C@H](O)CN[C@H](C)c2ccc(OC)cc2)c1. The van der Waals surface area contributed by atoms with Crippen molar-refractivity contribution < 1.29 is 27.9 Å². The van der Waals surface area contributed by atoms with Crippen LogP contribution in [0.1, 0.15) is 75.1 Å². The zero-order chi connectivity index (χ0) is 34.8. The number of anilines is 1. The van der Waals surface area contributed by atoms with Crippen LogP contribution in [0.2, 0.25) is 0 Å². The molecule has 256 valence electrons. The summed E-state index contributed by atoms with van der Waals surface area (Å²) in [5, 5.41) is 22.6. The van der Waals surface area contributed by atoms with Crippen molar-refractivity contribution in [3.8, 4) is 5.75 Å². The van der Waals surface area contributed by atoms with Crippen LogP contribution < -0.4 is 25.4 Å². The summed E-state index contributed by atoms with van der Waals surface area (Å²) in [6, 6.07) is 22.2. The van der Waals surface area contributed by atoms with Gasteiger partial charge in [-0.25, -0.2) is 8.42 Å². The molecule has 0 spiro atoms. The molecule has 12 heteroatoms. The average Bonchev–Trinajstić information content (AvgIpc) is 3.52. The van der Waals surface area contributed by atoms with Gasteiger partial charge in [-0.2, -0.15) is 0 Å². The number of nitrogens with one attached hydrogen (secondary N) is 4. The molecule has 0 radical (unpaired) electrons. The number of sulfonamides is 1. The van der Waals surface area contributed by atoms with E-state index in [1.165, 1.54) is 36.5 Å². The highest BCUT2D eigenvalue weighted by Gasteiger charge is 2.25. The minimum atomic E-state index is -3.71. The first-order valence-electron chi connectivity index (χ1n) is 15.8. The lowest BCUT2D eigenvalue weighted by atomic mass is 9.99. The van der Waals surface area contributed by atoms with Crippen molar-refractivity contribution in [2.45, 2.75) is 58.3 Å². The lowest BCUT2D eigenvalue weighted by Gasteiger charge is -2.26. The van der Waals surface area contributed by atoms with Crippen LogP contribution in [0, 0.1) is 6.92 Å². The van der Waals surface area contributed by atoms with Gasteiger partial charge in [0.15, 0.2) is 0 Å². The Kier molecular flexibility index (Phi) is 12.8. The second kappa shape index (κ2) is 16.7. The first kappa shape index (κ1) is 36.6. The molecule has 0 saturated heterocycles. The zero-order valence-electron chi connectivity index (χ0n) is 27.8.